The molecule has 0 N–H and O–H groups in total. The van der Waals surface area contributed by atoms with Crippen LogP contribution >= 0.6 is 23.2 Å². The highest BCUT2D eigenvalue weighted by atomic mass is 35.5. The van der Waals surface area contributed by atoms with Crippen LogP contribution in [0.5, 0.6) is 0 Å². The van der Waals surface area contributed by atoms with Crippen LogP contribution in [-0.2, 0) is 4.79 Å². The molecule has 0 radical (unpaired) electrons. The lowest BCUT2D eigenvalue weighted by atomic mass is 10.1. The number of hydrogen-bond donors (Lipinski definition) is 0. The maximum Gasteiger partial charge on any atom is 0.270 e. The fraction of sp³-hybridized carbons (Fsp3) is 0.167. The molecule has 2 rings (SSSR count). The van der Waals surface area contributed by atoms with E-state index in [2.05, 4.69) is 0 Å². The van der Waals surface area contributed by atoms with Crippen LogP contribution in [0.15, 0.2) is 48.5 Å². The zero-order valence-corrected chi connectivity index (χ0v) is 15.2. The molecule has 0 aromatic heterocycles. The van der Waals surface area contributed by atoms with Crippen LogP contribution in [0.25, 0.3) is 6.08 Å². The van der Waals surface area contributed by atoms with Crippen LogP contribution in [0.1, 0.15) is 24.1 Å². The van der Waals surface area contributed by atoms with Crippen molar-refractivity contribution in [2.24, 2.45) is 0 Å². The Labute approximate surface area is 155 Å². The minimum absolute atomic E-state index is 0.0238. The van der Waals surface area contributed by atoms with E-state index >= 15 is 0 Å². The Balaban J connectivity index is 2.14. The van der Waals surface area contributed by atoms with Crippen molar-refractivity contribution in [1.29, 1.82) is 0 Å². The number of carbonyl (C=O) groups excluding carboxylic acids is 1. The molecule has 2 aromatic rings. The molecule has 1 unspecified atom stereocenters. The number of rotatable bonds is 5. The molecule has 0 heterocycles. The summed E-state index contributed by atoms with van der Waals surface area (Å²) in [5.74, 6) is -0.245. The van der Waals surface area contributed by atoms with Gasteiger partial charge in [-0.05, 0) is 36.3 Å². The van der Waals surface area contributed by atoms with Gasteiger partial charge in [-0.2, -0.15) is 0 Å². The molecule has 5 nitrogen and oxygen atoms in total. The standard InChI is InChI=1S/C18H16Cl2N2O3/c1-12(16-8-7-14(19)11-17(16)20)21(2)18(23)9-6-13-4-3-5-15(10-13)22(24)25/h3-12H,1-2H3/b9-6+. The zero-order chi connectivity index (χ0) is 18.6. The van der Waals surface area contributed by atoms with E-state index in [9.17, 15) is 14.9 Å². The molecule has 2 aromatic carbocycles. The molecular formula is C18H16Cl2N2O3. The van der Waals surface area contributed by atoms with E-state index < -0.39 is 4.92 Å². The van der Waals surface area contributed by atoms with Crippen LogP contribution < -0.4 is 0 Å². The Kier molecular flexibility index (Phi) is 6.17. The number of nitro benzene ring substituents is 1. The summed E-state index contributed by atoms with van der Waals surface area (Å²) in [6.45, 7) is 1.86. The molecule has 0 fully saturated rings. The van der Waals surface area contributed by atoms with Crippen molar-refractivity contribution in [2.75, 3.05) is 7.05 Å². The second kappa shape index (κ2) is 8.14. The lowest BCUT2D eigenvalue weighted by Gasteiger charge is -2.25. The first kappa shape index (κ1) is 19.0. The third kappa shape index (κ3) is 4.81. The topological polar surface area (TPSA) is 63.5 Å². The van der Waals surface area contributed by atoms with Crippen molar-refractivity contribution >= 4 is 40.9 Å². The van der Waals surface area contributed by atoms with Crippen LogP contribution in [0.2, 0.25) is 10.0 Å². The van der Waals surface area contributed by atoms with Crippen molar-refractivity contribution in [2.45, 2.75) is 13.0 Å². The van der Waals surface area contributed by atoms with Crippen LogP contribution in [0.3, 0.4) is 0 Å². The molecular weight excluding hydrogens is 363 g/mol. The number of amides is 1. The molecule has 0 aliphatic heterocycles. The molecule has 0 saturated carbocycles. The summed E-state index contributed by atoms with van der Waals surface area (Å²) in [4.78, 5) is 24.2. The van der Waals surface area contributed by atoms with Crippen molar-refractivity contribution in [3.8, 4) is 0 Å². The van der Waals surface area contributed by atoms with Gasteiger partial charge in [-0.1, -0.05) is 41.4 Å². The third-order valence-electron chi connectivity index (χ3n) is 3.84. The Morgan fingerprint density at radius 3 is 2.60 bits per heavy atom. The minimum Gasteiger partial charge on any atom is -0.335 e. The Hall–Kier alpha value is -2.37. The first-order valence-electron chi connectivity index (χ1n) is 7.44. The fourth-order valence-corrected chi connectivity index (χ4v) is 2.83. The second-order valence-electron chi connectivity index (χ2n) is 5.48. The third-order valence-corrected chi connectivity index (χ3v) is 4.40. The van der Waals surface area contributed by atoms with Gasteiger partial charge in [-0.25, -0.2) is 0 Å². The van der Waals surface area contributed by atoms with Crippen LogP contribution in [-0.4, -0.2) is 22.8 Å². The maximum absolute atomic E-state index is 12.4. The van der Waals surface area contributed by atoms with Crippen LogP contribution in [0, 0.1) is 10.1 Å². The average molecular weight is 379 g/mol. The number of likely N-dealkylation sites (N-methyl/N-ethyl adjacent to an activating group) is 1. The van der Waals surface area contributed by atoms with Crippen molar-refractivity contribution in [3.05, 3.63) is 79.8 Å². The van der Waals surface area contributed by atoms with E-state index in [-0.39, 0.29) is 17.6 Å². The fourth-order valence-electron chi connectivity index (χ4n) is 2.27. The predicted molar refractivity (Wildman–Crippen MR) is 99.8 cm³/mol. The number of nitrogens with zero attached hydrogens (tertiary/aromatic N) is 2. The van der Waals surface area contributed by atoms with Gasteiger partial charge in [0.25, 0.3) is 5.69 Å². The minimum atomic E-state index is -0.476. The van der Waals surface area contributed by atoms with E-state index in [4.69, 9.17) is 23.2 Å². The predicted octanol–water partition coefficient (Wildman–Crippen LogP) is 5.13. The summed E-state index contributed by atoms with van der Waals surface area (Å²) in [7, 11) is 1.66. The van der Waals surface area contributed by atoms with Gasteiger partial charge in [0.1, 0.15) is 0 Å². The molecule has 1 atom stereocenters. The van der Waals surface area contributed by atoms with Crippen molar-refractivity contribution < 1.29 is 9.72 Å². The lowest BCUT2D eigenvalue weighted by Crippen LogP contribution is -2.28. The summed E-state index contributed by atoms with van der Waals surface area (Å²) in [6, 6.07) is 10.9. The molecule has 0 aliphatic rings. The van der Waals surface area contributed by atoms with Crippen molar-refractivity contribution in [1.82, 2.24) is 4.90 Å². The summed E-state index contributed by atoms with van der Waals surface area (Å²) in [6.07, 6.45) is 2.92. The van der Waals surface area contributed by atoms with Gasteiger partial charge in [0.2, 0.25) is 5.91 Å². The summed E-state index contributed by atoms with van der Waals surface area (Å²) in [5, 5.41) is 11.8. The maximum atomic E-state index is 12.4. The molecule has 1 amide bonds. The van der Waals surface area contributed by atoms with E-state index in [1.807, 2.05) is 6.92 Å². The van der Waals surface area contributed by atoms with E-state index in [0.717, 1.165) is 5.56 Å². The zero-order valence-electron chi connectivity index (χ0n) is 13.6. The molecule has 25 heavy (non-hydrogen) atoms. The normalized spacial score (nSPS) is 12.2. The Bertz CT molecular complexity index is 837. The summed E-state index contributed by atoms with van der Waals surface area (Å²) in [5.41, 5.74) is 1.34. The highest BCUT2D eigenvalue weighted by Crippen LogP contribution is 2.29. The number of benzene rings is 2. The number of hydrogen-bond acceptors (Lipinski definition) is 3. The van der Waals surface area contributed by atoms with Gasteiger partial charge in [-0.15, -0.1) is 0 Å². The number of nitro groups is 1. The number of halogens is 2. The number of non-ortho nitro benzene ring substituents is 1. The van der Waals surface area contributed by atoms with Gasteiger partial charge >= 0.3 is 0 Å². The highest BCUT2D eigenvalue weighted by molar-refractivity contribution is 6.35. The molecule has 7 heteroatoms. The lowest BCUT2D eigenvalue weighted by molar-refractivity contribution is -0.384. The molecule has 0 aliphatic carbocycles. The number of carbonyl (C=O) groups is 1. The Morgan fingerprint density at radius 1 is 1.24 bits per heavy atom. The average Bonchev–Trinajstić information content (AvgIpc) is 2.58. The van der Waals surface area contributed by atoms with Gasteiger partial charge < -0.3 is 4.90 Å². The SMILES string of the molecule is CC(c1ccc(Cl)cc1Cl)N(C)C(=O)/C=C/c1cccc([N+](=O)[O-])c1. The van der Waals surface area contributed by atoms with Gasteiger partial charge in [-0.3, -0.25) is 14.9 Å². The Morgan fingerprint density at radius 2 is 1.96 bits per heavy atom. The summed E-state index contributed by atoms with van der Waals surface area (Å²) < 4.78 is 0. The summed E-state index contributed by atoms with van der Waals surface area (Å²) >= 11 is 12.1. The quantitative estimate of drug-likeness (QED) is 0.411. The molecule has 0 bridgehead atoms. The van der Waals surface area contributed by atoms with Gasteiger partial charge in [0.05, 0.1) is 11.0 Å². The largest absolute Gasteiger partial charge is 0.335 e. The molecule has 0 saturated heterocycles. The van der Waals surface area contributed by atoms with E-state index in [1.165, 1.54) is 23.1 Å². The second-order valence-corrected chi connectivity index (χ2v) is 6.32. The van der Waals surface area contributed by atoms with E-state index in [1.54, 1.807) is 43.5 Å². The molecule has 130 valence electrons. The van der Waals surface area contributed by atoms with Gasteiger partial charge in [0, 0.05) is 35.3 Å². The molecule has 0 spiro atoms. The van der Waals surface area contributed by atoms with Crippen LogP contribution in [0.4, 0.5) is 5.69 Å². The van der Waals surface area contributed by atoms with Crippen molar-refractivity contribution in [3.63, 3.8) is 0 Å². The first-order chi connectivity index (χ1) is 11.8. The van der Waals surface area contributed by atoms with Gasteiger partial charge in [0.15, 0.2) is 0 Å². The van der Waals surface area contributed by atoms with E-state index in [0.29, 0.717) is 15.6 Å². The first-order valence-corrected chi connectivity index (χ1v) is 8.19. The monoisotopic (exact) mass is 378 g/mol. The highest BCUT2D eigenvalue weighted by Gasteiger charge is 2.18. The smallest absolute Gasteiger partial charge is 0.270 e.